The summed E-state index contributed by atoms with van der Waals surface area (Å²) < 4.78 is 0. The highest BCUT2D eigenvalue weighted by molar-refractivity contribution is 7.99. The van der Waals surface area contributed by atoms with Gasteiger partial charge in [-0.25, -0.2) is 9.97 Å². The van der Waals surface area contributed by atoms with Crippen molar-refractivity contribution in [1.82, 2.24) is 9.97 Å². The molecule has 0 spiro atoms. The fourth-order valence-electron chi connectivity index (χ4n) is 1.25. The molecule has 1 rings (SSSR count). The Morgan fingerprint density at radius 3 is 2.75 bits per heavy atom. The van der Waals surface area contributed by atoms with Gasteiger partial charge in [-0.3, -0.25) is 0 Å². The van der Waals surface area contributed by atoms with Crippen molar-refractivity contribution in [1.29, 1.82) is 0 Å². The smallest absolute Gasteiger partial charge is 0.132 e. The number of aromatic nitrogens is 2. The summed E-state index contributed by atoms with van der Waals surface area (Å²) in [7, 11) is 0. The molecule has 0 aliphatic rings. The first-order valence-electron chi connectivity index (χ1n) is 5.91. The van der Waals surface area contributed by atoms with Crippen LogP contribution in [0.1, 0.15) is 39.4 Å². The molecule has 4 heteroatoms. The molecule has 0 fully saturated rings. The van der Waals surface area contributed by atoms with Gasteiger partial charge in [0, 0.05) is 18.2 Å². The van der Waals surface area contributed by atoms with Crippen LogP contribution in [0.25, 0.3) is 0 Å². The highest BCUT2D eigenvalue weighted by Crippen LogP contribution is 2.21. The summed E-state index contributed by atoms with van der Waals surface area (Å²) >= 11 is 1.78. The molecule has 0 saturated heterocycles. The number of rotatable bonds is 6. The van der Waals surface area contributed by atoms with E-state index in [2.05, 4.69) is 30.7 Å². The Hall–Kier alpha value is -0.770. The first-order chi connectivity index (χ1) is 7.65. The maximum Gasteiger partial charge on any atom is 0.132 e. The van der Waals surface area contributed by atoms with E-state index in [-0.39, 0.29) is 0 Å². The second kappa shape index (κ2) is 6.74. The minimum absolute atomic E-state index is 0.588. The standard InChI is InChI=1S/C12H21N3S/c1-4-6-11-14-10(13)7-12(15-11)16-8-9(3)5-2/h7,9H,4-6,8H2,1-3H3,(H2,13,14,15). The first-order valence-corrected chi connectivity index (χ1v) is 6.90. The van der Waals surface area contributed by atoms with Crippen LogP contribution in [-0.4, -0.2) is 15.7 Å². The fraction of sp³-hybridized carbons (Fsp3) is 0.667. The van der Waals surface area contributed by atoms with Crippen LogP contribution in [0.4, 0.5) is 5.82 Å². The van der Waals surface area contributed by atoms with Gasteiger partial charge >= 0.3 is 0 Å². The second-order valence-electron chi connectivity index (χ2n) is 4.12. The molecule has 1 aromatic rings. The lowest BCUT2D eigenvalue weighted by Crippen LogP contribution is -2.02. The molecular weight excluding hydrogens is 218 g/mol. The van der Waals surface area contributed by atoms with E-state index in [9.17, 15) is 0 Å². The Labute approximate surface area is 102 Å². The predicted molar refractivity (Wildman–Crippen MR) is 70.6 cm³/mol. The van der Waals surface area contributed by atoms with E-state index in [1.165, 1.54) is 6.42 Å². The molecule has 0 aliphatic heterocycles. The Kier molecular flexibility index (Phi) is 5.60. The van der Waals surface area contributed by atoms with E-state index in [1.807, 2.05) is 6.07 Å². The average Bonchev–Trinajstić information content (AvgIpc) is 2.25. The van der Waals surface area contributed by atoms with Gasteiger partial charge in [0.2, 0.25) is 0 Å². The molecule has 90 valence electrons. The molecule has 16 heavy (non-hydrogen) atoms. The van der Waals surface area contributed by atoms with Crippen molar-refractivity contribution in [2.45, 2.75) is 45.1 Å². The number of nitrogens with two attached hydrogens (primary N) is 1. The molecule has 1 heterocycles. The Morgan fingerprint density at radius 2 is 2.12 bits per heavy atom. The summed E-state index contributed by atoms with van der Waals surface area (Å²) in [6.07, 6.45) is 3.16. The lowest BCUT2D eigenvalue weighted by molar-refractivity contribution is 0.636. The lowest BCUT2D eigenvalue weighted by Gasteiger charge is -2.08. The maximum absolute atomic E-state index is 5.76. The SMILES string of the molecule is CCCc1nc(N)cc(SCC(C)CC)n1. The van der Waals surface area contributed by atoms with E-state index >= 15 is 0 Å². The van der Waals surface area contributed by atoms with Crippen molar-refractivity contribution in [3.63, 3.8) is 0 Å². The molecule has 0 amide bonds. The quantitative estimate of drug-likeness (QED) is 0.612. The maximum atomic E-state index is 5.76. The summed E-state index contributed by atoms with van der Waals surface area (Å²) in [4.78, 5) is 8.73. The number of thioether (sulfide) groups is 1. The van der Waals surface area contributed by atoms with Crippen molar-refractivity contribution in [2.24, 2.45) is 5.92 Å². The molecule has 0 aromatic carbocycles. The average molecular weight is 239 g/mol. The Balaban J connectivity index is 2.64. The third-order valence-electron chi connectivity index (χ3n) is 2.46. The number of anilines is 1. The van der Waals surface area contributed by atoms with Crippen LogP contribution in [0.2, 0.25) is 0 Å². The minimum atomic E-state index is 0.588. The zero-order valence-corrected chi connectivity index (χ0v) is 11.2. The largest absolute Gasteiger partial charge is 0.384 e. The molecule has 0 bridgehead atoms. The third-order valence-corrected chi connectivity index (χ3v) is 3.70. The fourth-order valence-corrected chi connectivity index (χ4v) is 2.31. The summed E-state index contributed by atoms with van der Waals surface area (Å²) in [5.41, 5.74) is 5.76. The van der Waals surface area contributed by atoms with E-state index in [0.717, 1.165) is 35.4 Å². The Bertz CT molecular complexity index is 328. The van der Waals surface area contributed by atoms with Gasteiger partial charge in [0.05, 0.1) is 0 Å². The minimum Gasteiger partial charge on any atom is -0.384 e. The molecule has 1 unspecified atom stereocenters. The van der Waals surface area contributed by atoms with Gasteiger partial charge in [-0.05, 0) is 12.3 Å². The van der Waals surface area contributed by atoms with E-state index in [4.69, 9.17) is 5.73 Å². The first kappa shape index (κ1) is 13.3. The molecule has 1 atom stereocenters. The molecule has 3 nitrogen and oxygen atoms in total. The molecule has 0 saturated carbocycles. The molecule has 0 aliphatic carbocycles. The Morgan fingerprint density at radius 1 is 1.38 bits per heavy atom. The van der Waals surface area contributed by atoms with E-state index < -0.39 is 0 Å². The zero-order valence-electron chi connectivity index (χ0n) is 10.4. The van der Waals surface area contributed by atoms with Gasteiger partial charge in [-0.2, -0.15) is 0 Å². The van der Waals surface area contributed by atoms with Gasteiger partial charge in [0.25, 0.3) is 0 Å². The van der Waals surface area contributed by atoms with Crippen molar-refractivity contribution in [3.8, 4) is 0 Å². The third kappa shape index (κ3) is 4.39. The summed E-state index contributed by atoms with van der Waals surface area (Å²) in [5, 5.41) is 1.01. The van der Waals surface area contributed by atoms with E-state index in [1.54, 1.807) is 11.8 Å². The van der Waals surface area contributed by atoms with Gasteiger partial charge in [0.15, 0.2) is 0 Å². The summed E-state index contributed by atoms with van der Waals surface area (Å²) in [6, 6.07) is 1.87. The normalized spacial score (nSPS) is 12.7. The molecule has 0 radical (unpaired) electrons. The molecule has 1 aromatic heterocycles. The number of nitrogens with zero attached hydrogens (tertiary/aromatic N) is 2. The van der Waals surface area contributed by atoms with Crippen LogP contribution in [-0.2, 0) is 6.42 Å². The number of hydrogen-bond donors (Lipinski definition) is 1. The number of nitrogen functional groups attached to an aromatic ring is 1. The highest BCUT2D eigenvalue weighted by atomic mass is 32.2. The van der Waals surface area contributed by atoms with Crippen molar-refractivity contribution < 1.29 is 0 Å². The van der Waals surface area contributed by atoms with Crippen molar-refractivity contribution >= 4 is 17.6 Å². The van der Waals surface area contributed by atoms with Crippen LogP contribution in [0, 0.1) is 5.92 Å². The van der Waals surface area contributed by atoms with Crippen LogP contribution in [0.5, 0.6) is 0 Å². The van der Waals surface area contributed by atoms with Crippen molar-refractivity contribution in [2.75, 3.05) is 11.5 Å². The molecular formula is C12H21N3S. The molecule has 2 N–H and O–H groups in total. The second-order valence-corrected chi connectivity index (χ2v) is 5.16. The van der Waals surface area contributed by atoms with Gasteiger partial charge in [-0.15, -0.1) is 11.8 Å². The van der Waals surface area contributed by atoms with Crippen LogP contribution in [0.15, 0.2) is 11.1 Å². The van der Waals surface area contributed by atoms with Crippen LogP contribution in [0.3, 0.4) is 0 Å². The van der Waals surface area contributed by atoms with Crippen molar-refractivity contribution in [3.05, 3.63) is 11.9 Å². The van der Waals surface area contributed by atoms with Gasteiger partial charge < -0.3 is 5.73 Å². The van der Waals surface area contributed by atoms with Crippen LogP contribution >= 0.6 is 11.8 Å². The predicted octanol–water partition coefficient (Wildman–Crippen LogP) is 3.15. The monoisotopic (exact) mass is 239 g/mol. The summed E-state index contributed by atoms with van der Waals surface area (Å²) in [5.74, 6) is 3.27. The van der Waals surface area contributed by atoms with E-state index in [0.29, 0.717) is 5.82 Å². The lowest BCUT2D eigenvalue weighted by atomic mass is 10.2. The topological polar surface area (TPSA) is 51.8 Å². The van der Waals surface area contributed by atoms with Crippen LogP contribution < -0.4 is 5.73 Å². The van der Waals surface area contributed by atoms with Gasteiger partial charge in [0.1, 0.15) is 16.7 Å². The highest BCUT2D eigenvalue weighted by Gasteiger charge is 2.05. The summed E-state index contributed by atoms with van der Waals surface area (Å²) in [6.45, 7) is 6.59. The number of aryl methyl sites for hydroxylation is 1. The van der Waals surface area contributed by atoms with Gasteiger partial charge in [-0.1, -0.05) is 27.2 Å². The zero-order chi connectivity index (χ0) is 12.0. The number of hydrogen-bond acceptors (Lipinski definition) is 4.